The molecule has 25 heavy (non-hydrogen) atoms. The molecule has 0 aliphatic rings. The molecule has 0 saturated heterocycles. The second kappa shape index (κ2) is 6.30. The highest BCUT2D eigenvalue weighted by atomic mass is 32.2. The van der Waals surface area contributed by atoms with Gasteiger partial charge in [0.1, 0.15) is 6.20 Å². The van der Waals surface area contributed by atoms with Crippen LogP contribution in [0.15, 0.2) is 27.8 Å². The van der Waals surface area contributed by atoms with E-state index in [1.807, 2.05) is 0 Å². The summed E-state index contributed by atoms with van der Waals surface area (Å²) < 4.78 is 40.1. The van der Waals surface area contributed by atoms with Crippen LogP contribution in [0, 0.1) is 10.1 Å². The van der Waals surface area contributed by atoms with Gasteiger partial charge in [-0.2, -0.15) is 13.2 Å². The lowest BCUT2D eigenvalue weighted by Gasteiger charge is -2.15. The largest absolute Gasteiger partial charge is 0.416 e. The molecule has 0 atom stereocenters. The maximum atomic E-state index is 13.3. The van der Waals surface area contributed by atoms with Gasteiger partial charge >= 0.3 is 11.2 Å². The Morgan fingerprint density at radius 3 is 2.64 bits per heavy atom. The summed E-state index contributed by atoms with van der Waals surface area (Å²) in [6, 6.07) is 2.38. The van der Waals surface area contributed by atoms with E-state index >= 15 is 0 Å². The quantitative estimate of drug-likeness (QED) is 0.489. The molecule has 3 aromatic rings. The standard InChI is InChI=1S/C14H11F3N4O2S2/c1-6(2)10-7(14(15,16)17)3-4-8-11(10)20-12(19-8)25-13-18-5-9(24-13)21(22)23/h3-6H,1-2H3,(H,19,20). The van der Waals surface area contributed by atoms with E-state index in [9.17, 15) is 23.3 Å². The fraction of sp³-hybridized carbons (Fsp3) is 0.286. The van der Waals surface area contributed by atoms with E-state index in [1.165, 1.54) is 6.07 Å². The maximum absolute atomic E-state index is 13.3. The van der Waals surface area contributed by atoms with Gasteiger partial charge in [-0.3, -0.25) is 10.1 Å². The number of hydrogen-bond donors (Lipinski definition) is 1. The summed E-state index contributed by atoms with van der Waals surface area (Å²) in [6.45, 7) is 3.35. The fourth-order valence-corrected chi connectivity index (χ4v) is 4.11. The molecule has 132 valence electrons. The molecule has 0 aliphatic heterocycles. The number of nitrogens with one attached hydrogen (secondary N) is 1. The number of thiazole rings is 1. The number of aromatic amines is 1. The van der Waals surface area contributed by atoms with Crippen LogP contribution in [0.4, 0.5) is 18.2 Å². The molecule has 1 aromatic carbocycles. The Bertz CT molecular complexity index is 949. The first-order valence-electron chi connectivity index (χ1n) is 7.04. The third-order valence-electron chi connectivity index (χ3n) is 3.39. The van der Waals surface area contributed by atoms with Crippen LogP contribution in [0.3, 0.4) is 0 Å². The first kappa shape index (κ1) is 17.7. The number of alkyl halides is 3. The second-order valence-corrected chi connectivity index (χ2v) is 7.69. The van der Waals surface area contributed by atoms with Crippen molar-refractivity contribution in [1.82, 2.24) is 15.0 Å². The summed E-state index contributed by atoms with van der Waals surface area (Å²) in [5.74, 6) is -0.373. The topological polar surface area (TPSA) is 84.7 Å². The highest BCUT2D eigenvalue weighted by Gasteiger charge is 2.35. The van der Waals surface area contributed by atoms with Gasteiger partial charge in [0.05, 0.1) is 21.5 Å². The maximum Gasteiger partial charge on any atom is 0.416 e. The lowest BCUT2D eigenvalue weighted by Crippen LogP contribution is -2.10. The molecule has 0 spiro atoms. The number of fused-ring (bicyclic) bond motifs is 1. The van der Waals surface area contributed by atoms with Gasteiger partial charge in [-0.25, -0.2) is 9.97 Å². The zero-order chi connectivity index (χ0) is 18.4. The van der Waals surface area contributed by atoms with Gasteiger partial charge in [0.15, 0.2) is 9.50 Å². The Kier molecular flexibility index (Phi) is 4.45. The van der Waals surface area contributed by atoms with Crippen LogP contribution in [0.25, 0.3) is 11.0 Å². The first-order valence-corrected chi connectivity index (χ1v) is 8.68. The van der Waals surface area contributed by atoms with Crippen molar-refractivity contribution in [3.63, 3.8) is 0 Å². The molecule has 0 unspecified atom stereocenters. The minimum atomic E-state index is -4.46. The van der Waals surface area contributed by atoms with Crippen molar-refractivity contribution in [2.24, 2.45) is 0 Å². The summed E-state index contributed by atoms with van der Waals surface area (Å²) in [5, 5.41) is 10.9. The van der Waals surface area contributed by atoms with Crippen LogP contribution in [0.5, 0.6) is 0 Å². The molecule has 0 fully saturated rings. The third-order valence-corrected chi connectivity index (χ3v) is 5.30. The van der Waals surface area contributed by atoms with Crippen LogP contribution in [0.2, 0.25) is 0 Å². The van der Waals surface area contributed by atoms with Crippen LogP contribution in [-0.4, -0.2) is 19.9 Å². The third kappa shape index (κ3) is 3.47. The number of imidazole rings is 1. The van der Waals surface area contributed by atoms with Gasteiger partial charge in [-0.1, -0.05) is 13.8 Å². The SMILES string of the molecule is CC(C)c1c(C(F)(F)F)ccc2[nH]c(Sc3ncc([N+](=O)[O-])s3)nc12. The van der Waals surface area contributed by atoms with E-state index in [2.05, 4.69) is 15.0 Å². The highest BCUT2D eigenvalue weighted by Crippen LogP contribution is 2.40. The monoisotopic (exact) mass is 388 g/mol. The molecule has 6 nitrogen and oxygen atoms in total. The smallest absolute Gasteiger partial charge is 0.333 e. The fourth-order valence-electron chi connectivity index (χ4n) is 2.42. The van der Waals surface area contributed by atoms with Crippen LogP contribution in [0.1, 0.15) is 30.9 Å². The molecule has 2 heterocycles. The summed E-state index contributed by atoms with van der Waals surface area (Å²) in [5.41, 5.74) is 0.143. The molecular weight excluding hydrogens is 377 g/mol. The molecular formula is C14H11F3N4O2S2. The van der Waals surface area contributed by atoms with Crippen LogP contribution < -0.4 is 0 Å². The minimum absolute atomic E-state index is 0.110. The van der Waals surface area contributed by atoms with Crippen molar-refractivity contribution in [1.29, 1.82) is 0 Å². The van der Waals surface area contributed by atoms with Crippen molar-refractivity contribution in [3.05, 3.63) is 39.6 Å². The average Bonchev–Trinajstić information content (AvgIpc) is 3.11. The molecule has 0 aliphatic carbocycles. The predicted octanol–water partition coefficient (Wildman–Crippen LogP) is 5.22. The van der Waals surface area contributed by atoms with Gasteiger partial charge in [0, 0.05) is 0 Å². The van der Waals surface area contributed by atoms with Crippen LogP contribution >= 0.6 is 23.1 Å². The number of hydrogen-bond acceptors (Lipinski definition) is 6. The van der Waals surface area contributed by atoms with E-state index in [-0.39, 0.29) is 22.0 Å². The summed E-state index contributed by atoms with van der Waals surface area (Å²) in [6.07, 6.45) is -3.33. The molecule has 0 saturated carbocycles. The van der Waals surface area contributed by atoms with E-state index in [0.29, 0.717) is 15.0 Å². The van der Waals surface area contributed by atoms with Gasteiger partial charge in [-0.05, 0) is 46.7 Å². The van der Waals surface area contributed by atoms with E-state index in [4.69, 9.17) is 0 Å². The summed E-state index contributed by atoms with van der Waals surface area (Å²) in [4.78, 5) is 21.3. The Balaban J connectivity index is 2.04. The lowest BCUT2D eigenvalue weighted by atomic mass is 9.95. The molecule has 1 N–H and O–H groups in total. The van der Waals surface area contributed by atoms with Crippen molar-refractivity contribution in [3.8, 4) is 0 Å². The Hall–Kier alpha value is -2.14. The predicted molar refractivity (Wildman–Crippen MR) is 88.1 cm³/mol. The summed E-state index contributed by atoms with van der Waals surface area (Å²) >= 11 is 1.92. The Labute approximate surface area is 147 Å². The van der Waals surface area contributed by atoms with E-state index in [0.717, 1.165) is 35.4 Å². The lowest BCUT2D eigenvalue weighted by molar-refractivity contribution is -0.380. The van der Waals surface area contributed by atoms with Crippen molar-refractivity contribution >= 4 is 39.1 Å². The normalized spacial score (nSPS) is 12.2. The number of benzene rings is 1. The highest BCUT2D eigenvalue weighted by molar-refractivity contribution is 8.00. The zero-order valence-corrected chi connectivity index (χ0v) is 14.6. The number of halogens is 3. The summed E-state index contributed by atoms with van der Waals surface area (Å²) in [7, 11) is 0. The van der Waals surface area contributed by atoms with Gasteiger partial charge in [0.2, 0.25) is 0 Å². The van der Waals surface area contributed by atoms with Crippen molar-refractivity contribution in [2.75, 3.05) is 0 Å². The van der Waals surface area contributed by atoms with E-state index in [1.54, 1.807) is 13.8 Å². The molecule has 2 aromatic heterocycles. The number of aromatic nitrogens is 3. The molecule has 3 rings (SSSR count). The average molecular weight is 388 g/mol. The van der Waals surface area contributed by atoms with Gasteiger partial charge in [-0.15, -0.1) is 0 Å². The molecule has 11 heteroatoms. The van der Waals surface area contributed by atoms with Crippen molar-refractivity contribution in [2.45, 2.75) is 35.4 Å². The van der Waals surface area contributed by atoms with Crippen LogP contribution in [-0.2, 0) is 6.18 Å². The first-order chi connectivity index (χ1) is 11.7. The second-order valence-electron chi connectivity index (χ2n) is 5.44. The number of nitrogens with zero attached hydrogens (tertiary/aromatic N) is 3. The van der Waals surface area contributed by atoms with Gasteiger partial charge < -0.3 is 4.98 Å². The van der Waals surface area contributed by atoms with Gasteiger partial charge in [0.25, 0.3) is 0 Å². The number of nitro groups is 1. The number of rotatable bonds is 4. The molecule has 0 amide bonds. The minimum Gasteiger partial charge on any atom is -0.333 e. The number of H-pyrrole nitrogens is 1. The molecule has 0 radical (unpaired) electrons. The Morgan fingerprint density at radius 2 is 2.08 bits per heavy atom. The van der Waals surface area contributed by atoms with Crippen molar-refractivity contribution < 1.29 is 18.1 Å². The Morgan fingerprint density at radius 1 is 1.36 bits per heavy atom. The molecule has 0 bridgehead atoms. The zero-order valence-electron chi connectivity index (χ0n) is 12.9. The van der Waals surface area contributed by atoms with E-state index < -0.39 is 16.7 Å².